The van der Waals surface area contributed by atoms with Crippen LogP contribution in [0.1, 0.15) is 115 Å². The minimum absolute atomic E-state index is 0.0973. The fourth-order valence-corrected chi connectivity index (χ4v) is 5.14. The molecule has 0 saturated heterocycles. The van der Waals surface area contributed by atoms with Crippen LogP contribution in [0.15, 0.2) is 35.2 Å². The van der Waals surface area contributed by atoms with E-state index in [9.17, 15) is 13.0 Å². The standard InChI is InChI=1S/C28H45NO3S/c1-2-3-4-5-6-7-8-9-10-11-12-13-14-15-16-17-18-24-19-20-25-23-26(33(30,31)32)21-22-27(25)28(24)29/h19-23H,2-18,29H2,1H3,(H,30,31,32). The topological polar surface area (TPSA) is 80.4 Å². The van der Waals surface area contributed by atoms with Crippen LogP contribution in [-0.4, -0.2) is 13.0 Å². The van der Waals surface area contributed by atoms with Crippen molar-refractivity contribution in [2.75, 3.05) is 5.73 Å². The second-order valence-electron chi connectivity index (χ2n) is 9.55. The van der Waals surface area contributed by atoms with E-state index in [0.717, 1.165) is 34.9 Å². The lowest BCUT2D eigenvalue weighted by Gasteiger charge is -2.10. The molecular weight excluding hydrogens is 430 g/mol. The van der Waals surface area contributed by atoms with E-state index in [0.29, 0.717) is 0 Å². The molecule has 186 valence electrons. The summed E-state index contributed by atoms with van der Waals surface area (Å²) < 4.78 is 31.9. The Labute approximate surface area is 202 Å². The van der Waals surface area contributed by atoms with Crippen LogP contribution < -0.4 is 5.73 Å². The smallest absolute Gasteiger partial charge is 0.294 e. The molecule has 0 saturated carbocycles. The Kier molecular flexibility index (Phi) is 12.9. The fourth-order valence-electron chi connectivity index (χ4n) is 4.62. The Hall–Kier alpha value is -1.59. The SMILES string of the molecule is CCCCCCCCCCCCCCCCCCc1ccc2cc(S(=O)(=O)O)ccc2c1N. The molecule has 0 bridgehead atoms. The van der Waals surface area contributed by atoms with Crippen molar-refractivity contribution in [2.45, 2.75) is 121 Å². The van der Waals surface area contributed by atoms with Gasteiger partial charge in [-0.1, -0.05) is 121 Å². The van der Waals surface area contributed by atoms with Crippen molar-refractivity contribution in [1.82, 2.24) is 0 Å². The van der Waals surface area contributed by atoms with Crippen LogP contribution in [-0.2, 0) is 16.5 Å². The summed E-state index contributed by atoms with van der Waals surface area (Å²) in [5, 5.41) is 1.58. The lowest BCUT2D eigenvalue weighted by atomic mass is 9.99. The summed E-state index contributed by atoms with van der Waals surface area (Å²) in [4.78, 5) is -0.0973. The van der Waals surface area contributed by atoms with Crippen LogP contribution in [0.25, 0.3) is 10.8 Å². The second-order valence-corrected chi connectivity index (χ2v) is 11.0. The molecule has 3 N–H and O–H groups in total. The molecule has 0 aliphatic carbocycles. The molecule has 4 nitrogen and oxygen atoms in total. The Morgan fingerprint density at radius 2 is 1.18 bits per heavy atom. The van der Waals surface area contributed by atoms with Crippen LogP contribution in [0, 0.1) is 0 Å². The van der Waals surface area contributed by atoms with E-state index in [-0.39, 0.29) is 4.90 Å². The fraction of sp³-hybridized carbons (Fsp3) is 0.643. The van der Waals surface area contributed by atoms with Gasteiger partial charge in [-0.05, 0) is 35.9 Å². The predicted octanol–water partition coefficient (Wildman–Crippen LogP) is 8.47. The molecule has 0 aromatic heterocycles. The number of aryl methyl sites for hydroxylation is 1. The van der Waals surface area contributed by atoms with Gasteiger partial charge in [0.25, 0.3) is 10.1 Å². The van der Waals surface area contributed by atoms with Crippen molar-refractivity contribution in [3.8, 4) is 0 Å². The highest BCUT2D eigenvalue weighted by Gasteiger charge is 2.12. The molecule has 0 radical (unpaired) electrons. The number of hydrogen-bond donors (Lipinski definition) is 2. The van der Waals surface area contributed by atoms with Gasteiger partial charge in [-0.2, -0.15) is 8.42 Å². The summed E-state index contributed by atoms with van der Waals surface area (Å²) in [6.07, 6.45) is 22.7. The average molecular weight is 476 g/mol. The highest BCUT2D eigenvalue weighted by atomic mass is 32.2. The number of fused-ring (bicyclic) bond motifs is 1. The largest absolute Gasteiger partial charge is 0.398 e. The molecule has 0 atom stereocenters. The van der Waals surface area contributed by atoms with Gasteiger partial charge in [0.1, 0.15) is 0 Å². The monoisotopic (exact) mass is 475 g/mol. The number of hydrogen-bond acceptors (Lipinski definition) is 3. The molecule has 0 unspecified atom stereocenters. The average Bonchev–Trinajstić information content (AvgIpc) is 2.79. The molecule has 33 heavy (non-hydrogen) atoms. The van der Waals surface area contributed by atoms with Gasteiger partial charge in [-0.25, -0.2) is 0 Å². The number of benzene rings is 2. The van der Waals surface area contributed by atoms with Crippen molar-refractivity contribution in [3.63, 3.8) is 0 Å². The molecule has 0 spiro atoms. The van der Waals surface area contributed by atoms with Gasteiger partial charge in [0.05, 0.1) is 4.90 Å². The van der Waals surface area contributed by atoms with Crippen LogP contribution in [0.2, 0.25) is 0 Å². The first kappa shape index (κ1) is 27.7. The van der Waals surface area contributed by atoms with Gasteiger partial charge < -0.3 is 5.73 Å². The lowest BCUT2D eigenvalue weighted by molar-refractivity contribution is 0.483. The summed E-state index contributed by atoms with van der Waals surface area (Å²) in [5.74, 6) is 0. The van der Waals surface area contributed by atoms with Gasteiger partial charge in [0.15, 0.2) is 0 Å². The van der Waals surface area contributed by atoms with E-state index in [2.05, 4.69) is 6.92 Å². The Morgan fingerprint density at radius 1 is 0.697 bits per heavy atom. The maximum atomic E-state index is 11.3. The number of nitrogen functional groups attached to an aromatic ring is 1. The van der Waals surface area contributed by atoms with Crippen LogP contribution >= 0.6 is 0 Å². The summed E-state index contributed by atoms with van der Waals surface area (Å²) in [7, 11) is -4.20. The van der Waals surface area contributed by atoms with Crippen LogP contribution in [0.4, 0.5) is 5.69 Å². The molecule has 0 fully saturated rings. The summed E-state index contributed by atoms with van der Waals surface area (Å²) >= 11 is 0. The number of rotatable bonds is 18. The number of unbranched alkanes of at least 4 members (excludes halogenated alkanes) is 15. The first-order valence-corrected chi connectivity index (χ1v) is 14.7. The number of nitrogens with two attached hydrogens (primary N) is 1. The van der Waals surface area contributed by atoms with E-state index in [1.807, 2.05) is 12.1 Å². The van der Waals surface area contributed by atoms with Crippen molar-refractivity contribution in [1.29, 1.82) is 0 Å². The lowest BCUT2D eigenvalue weighted by Crippen LogP contribution is -2.00. The van der Waals surface area contributed by atoms with Gasteiger partial charge in [-0.15, -0.1) is 0 Å². The molecule has 2 aromatic rings. The third kappa shape index (κ3) is 10.5. The number of anilines is 1. The maximum absolute atomic E-state index is 11.3. The zero-order chi connectivity index (χ0) is 23.9. The summed E-state index contributed by atoms with van der Waals surface area (Å²) in [6.45, 7) is 2.28. The Bertz CT molecular complexity index is 924. The molecule has 0 heterocycles. The van der Waals surface area contributed by atoms with E-state index >= 15 is 0 Å². The van der Waals surface area contributed by atoms with E-state index in [1.165, 1.54) is 108 Å². The normalized spacial score (nSPS) is 11.9. The quantitative estimate of drug-likeness (QED) is 0.129. The van der Waals surface area contributed by atoms with Crippen molar-refractivity contribution in [2.24, 2.45) is 0 Å². The highest BCUT2D eigenvalue weighted by molar-refractivity contribution is 7.85. The zero-order valence-corrected chi connectivity index (χ0v) is 21.5. The van der Waals surface area contributed by atoms with Crippen molar-refractivity contribution < 1.29 is 13.0 Å². The maximum Gasteiger partial charge on any atom is 0.294 e. The Morgan fingerprint density at radius 3 is 1.67 bits per heavy atom. The van der Waals surface area contributed by atoms with Crippen LogP contribution in [0.5, 0.6) is 0 Å². The molecule has 0 aliphatic rings. The van der Waals surface area contributed by atoms with Crippen molar-refractivity contribution in [3.05, 3.63) is 35.9 Å². The molecule has 5 heteroatoms. The van der Waals surface area contributed by atoms with E-state index in [1.54, 1.807) is 6.07 Å². The molecule has 0 amide bonds. The minimum atomic E-state index is -4.20. The third-order valence-corrected chi connectivity index (χ3v) is 7.57. The first-order chi connectivity index (χ1) is 15.9. The zero-order valence-electron chi connectivity index (χ0n) is 20.7. The molecule has 2 rings (SSSR count). The third-order valence-electron chi connectivity index (χ3n) is 6.72. The molecule has 0 aliphatic heterocycles. The van der Waals surface area contributed by atoms with Gasteiger partial charge in [0.2, 0.25) is 0 Å². The Balaban J connectivity index is 1.53. The minimum Gasteiger partial charge on any atom is -0.398 e. The van der Waals surface area contributed by atoms with E-state index < -0.39 is 10.1 Å². The van der Waals surface area contributed by atoms with Crippen LogP contribution in [0.3, 0.4) is 0 Å². The molecule has 2 aromatic carbocycles. The summed E-state index contributed by atoms with van der Waals surface area (Å²) in [5.41, 5.74) is 8.17. The predicted molar refractivity (Wildman–Crippen MR) is 141 cm³/mol. The van der Waals surface area contributed by atoms with Gasteiger partial charge in [0, 0.05) is 11.1 Å². The van der Waals surface area contributed by atoms with Gasteiger partial charge >= 0.3 is 0 Å². The van der Waals surface area contributed by atoms with E-state index in [4.69, 9.17) is 5.73 Å². The summed E-state index contributed by atoms with van der Waals surface area (Å²) in [6, 6.07) is 8.44. The highest BCUT2D eigenvalue weighted by Crippen LogP contribution is 2.28. The molecular formula is C28H45NO3S. The second kappa shape index (κ2) is 15.3. The first-order valence-electron chi connectivity index (χ1n) is 13.2. The van der Waals surface area contributed by atoms with Gasteiger partial charge in [-0.3, -0.25) is 4.55 Å². The van der Waals surface area contributed by atoms with Crippen molar-refractivity contribution >= 4 is 26.6 Å².